The number of carboxylic acid groups (broad SMARTS) is 1. The lowest BCUT2D eigenvalue weighted by Gasteiger charge is -2.05. The molecule has 0 aliphatic rings. The number of anilines is 1. The second-order valence-electron chi connectivity index (χ2n) is 7.69. The quantitative estimate of drug-likeness (QED) is 0.160. The van der Waals surface area contributed by atoms with Gasteiger partial charge in [-0.2, -0.15) is 5.10 Å². The van der Waals surface area contributed by atoms with Gasteiger partial charge in [0.05, 0.1) is 29.7 Å². The fourth-order valence-electron chi connectivity index (χ4n) is 3.55. The van der Waals surface area contributed by atoms with Crippen LogP contribution in [0.15, 0.2) is 77.9 Å². The number of carbonyl (C=O) groups is 1. The number of methoxy groups -OCH3 is 2. The lowest BCUT2D eigenvalue weighted by atomic mass is 10.1. The highest BCUT2D eigenvalue weighted by Gasteiger charge is 2.20. The number of nitrogens with one attached hydrogen (secondary N) is 1. The summed E-state index contributed by atoms with van der Waals surface area (Å²) in [6.45, 7) is 0. The first-order chi connectivity index (χ1) is 17.9. The Morgan fingerprint density at radius 3 is 2.16 bits per heavy atom. The summed E-state index contributed by atoms with van der Waals surface area (Å²) in [5.41, 5.74) is 4.91. The Bertz CT molecular complexity index is 1380. The SMILES string of the molecule is COc1ccc(-c2nc(NN=C(Cc3ccccc3[N+](=O)[O-])C(=O)O)sc2-c2ccc(OC)cc2)cc1. The number of ether oxygens (including phenoxy) is 2. The van der Waals surface area contributed by atoms with Crippen LogP contribution in [0.2, 0.25) is 0 Å². The molecule has 188 valence electrons. The molecule has 4 rings (SSSR count). The number of aliphatic carboxylic acids is 1. The van der Waals surface area contributed by atoms with Crippen LogP contribution in [-0.4, -0.2) is 40.9 Å². The van der Waals surface area contributed by atoms with Gasteiger partial charge < -0.3 is 14.6 Å². The van der Waals surface area contributed by atoms with Crippen molar-refractivity contribution in [3.8, 4) is 33.2 Å². The van der Waals surface area contributed by atoms with Crippen LogP contribution in [0.5, 0.6) is 11.5 Å². The van der Waals surface area contributed by atoms with E-state index >= 15 is 0 Å². The van der Waals surface area contributed by atoms with Crippen molar-refractivity contribution in [2.75, 3.05) is 19.6 Å². The van der Waals surface area contributed by atoms with Gasteiger partial charge in [0.1, 0.15) is 17.2 Å². The number of aromatic nitrogens is 1. The third-order valence-corrected chi connectivity index (χ3v) is 6.43. The van der Waals surface area contributed by atoms with Crippen molar-refractivity contribution in [3.63, 3.8) is 0 Å². The van der Waals surface area contributed by atoms with E-state index in [1.54, 1.807) is 20.3 Å². The van der Waals surface area contributed by atoms with Gasteiger partial charge in [-0.3, -0.25) is 15.5 Å². The van der Waals surface area contributed by atoms with Crippen LogP contribution in [0.3, 0.4) is 0 Å². The first-order valence-corrected chi connectivity index (χ1v) is 11.8. The van der Waals surface area contributed by atoms with Gasteiger partial charge in [-0.1, -0.05) is 29.5 Å². The Morgan fingerprint density at radius 2 is 1.59 bits per heavy atom. The fraction of sp³-hybridized carbons (Fsp3) is 0.115. The maximum Gasteiger partial charge on any atom is 0.352 e. The Labute approximate surface area is 216 Å². The fourth-order valence-corrected chi connectivity index (χ4v) is 4.48. The van der Waals surface area contributed by atoms with Crippen molar-refractivity contribution in [1.82, 2.24) is 4.98 Å². The molecule has 0 saturated heterocycles. The van der Waals surface area contributed by atoms with Gasteiger partial charge in [-0.05, 0) is 54.1 Å². The average molecular weight is 519 g/mol. The number of nitro benzene ring substituents is 1. The normalized spacial score (nSPS) is 11.1. The number of thiazole rings is 1. The minimum Gasteiger partial charge on any atom is -0.497 e. The van der Waals surface area contributed by atoms with Gasteiger partial charge in [-0.25, -0.2) is 9.78 Å². The van der Waals surface area contributed by atoms with Crippen molar-refractivity contribution >= 4 is 33.8 Å². The molecule has 0 bridgehead atoms. The second kappa shape index (κ2) is 11.3. The molecule has 0 atom stereocenters. The number of carboxylic acids is 1. The van der Waals surface area contributed by atoms with Gasteiger partial charge in [0.2, 0.25) is 5.13 Å². The van der Waals surface area contributed by atoms with Crippen molar-refractivity contribution < 1.29 is 24.3 Å². The number of nitro groups is 1. The van der Waals surface area contributed by atoms with Crippen LogP contribution in [0.25, 0.3) is 21.7 Å². The molecule has 0 aliphatic heterocycles. The van der Waals surface area contributed by atoms with E-state index in [-0.39, 0.29) is 23.4 Å². The van der Waals surface area contributed by atoms with Gasteiger partial charge >= 0.3 is 5.97 Å². The van der Waals surface area contributed by atoms with Gasteiger partial charge in [0, 0.05) is 23.6 Å². The van der Waals surface area contributed by atoms with Crippen molar-refractivity contribution in [2.24, 2.45) is 5.10 Å². The number of benzene rings is 3. The van der Waals surface area contributed by atoms with E-state index in [1.807, 2.05) is 48.5 Å². The summed E-state index contributed by atoms with van der Waals surface area (Å²) < 4.78 is 10.5. The van der Waals surface area contributed by atoms with Crippen LogP contribution in [0, 0.1) is 10.1 Å². The lowest BCUT2D eigenvalue weighted by molar-refractivity contribution is -0.385. The zero-order valence-electron chi connectivity index (χ0n) is 19.9. The molecular weight excluding hydrogens is 496 g/mol. The predicted octanol–water partition coefficient (Wildman–Crippen LogP) is 5.50. The van der Waals surface area contributed by atoms with E-state index in [4.69, 9.17) is 9.47 Å². The largest absolute Gasteiger partial charge is 0.497 e. The van der Waals surface area contributed by atoms with E-state index in [1.165, 1.54) is 29.5 Å². The Kier molecular flexibility index (Phi) is 7.74. The topological polar surface area (TPSA) is 136 Å². The van der Waals surface area contributed by atoms with E-state index in [0.717, 1.165) is 16.0 Å². The number of para-hydroxylation sites is 1. The Balaban J connectivity index is 1.69. The van der Waals surface area contributed by atoms with E-state index in [9.17, 15) is 20.0 Å². The zero-order valence-corrected chi connectivity index (χ0v) is 20.7. The lowest BCUT2D eigenvalue weighted by Crippen LogP contribution is -2.18. The summed E-state index contributed by atoms with van der Waals surface area (Å²) in [4.78, 5) is 28.1. The first kappa shape index (κ1) is 25.3. The smallest absolute Gasteiger partial charge is 0.352 e. The van der Waals surface area contributed by atoms with Crippen LogP contribution in [0.4, 0.5) is 10.8 Å². The van der Waals surface area contributed by atoms with Crippen LogP contribution < -0.4 is 14.9 Å². The van der Waals surface area contributed by atoms with Gasteiger partial charge in [-0.15, -0.1) is 0 Å². The summed E-state index contributed by atoms with van der Waals surface area (Å²) in [7, 11) is 3.18. The van der Waals surface area contributed by atoms with E-state index < -0.39 is 10.9 Å². The minimum atomic E-state index is -1.30. The minimum absolute atomic E-state index is 0.172. The molecular formula is C26H22N4O6S. The maximum atomic E-state index is 11.9. The zero-order chi connectivity index (χ0) is 26.4. The van der Waals surface area contributed by atoms with Gasteiger partial charge in [0.25, 0.3) is 5.69 Å². The third-order valence-electron chi connectivity index (χ3n) is 5.42. The Morgan fingerprint density at radius 1 is 1.00 bits per heavy atom. The van der Waals surface area contributed by atoms with Crippen LogP contribution in [0.1, 0.15) is 5.56 Å². The van der Waals surface area contributed by atoms with Crippen molar-refractivity contribution in [2.45, 2.75) is 6.42 Å². The highest BCUT2D eigenvalue weighted by atomic mass is 32.1. The standard InChI is InChI=1S/C26H22N4O6S/c1-35-19-11-7-16(8-12-19)23-24(17-9-13-20(36-2)14-10-17)37-26(27-23)29-28-21(25(31)32)15-18-5-3-4-6-22(18)30(33)34/h3-14H,15H2,1-2H3,(H,27,29)(H,31,32). The third kappa shape index (κ3) is 5.90. The molecule has 0 spiro atoms. The maximum absolute atomic E-state index is 11.9. The van der Waals surface area contributed by atoms with Gasteiger partial charge in [0.15, 0.2) is 0 Å². The number of hydrazone groups is 1. The molecule has 2 N–H and O–H groups in total. The van der Waals surface area contributed by atoms with Crippen LogP contribution >= 0.6 is 11.3 Å². The molecule has 1 heterocycles. The monoisotopic (exact) mass is 518 g/mol. The van der Waals surface area contributed by atoms with Crippen molar-refractivity contribution in [1.29, 1.82) is 0 Å². The highest BCUT2D eigenvalue weighted by molar-refractivity contribution is 7.19. The highest BCUT2D eigenvalue weighted by Crippen LogP contribution is 2.40. The molecule has 0 amide bonds. The molecule has 0 unspecified atom stereocenters. The molecule has 0 radical (unpaired) electrons. The Hall–Kier alpha value is -4.77. The average Bonchev–Trinajstić information content (AvgIpc) is 3.35. The predicted molar refractivity (Wildman–Crippen MR) is 142 cm³/mol. The van der Waals surface area contributed by atoms with Crippen LogP contribution in [-0.2, 0) is 11.2 Å². The molecule has 37 heavy (non-hydrogen) atoms. The number of hydrogen-bond acceptors (Lipinski definition) is 9. The second-order valence-corrected chi connectivity index (χ2v) is 8.69. The summed E-state index contributed by atoms with van der Waals surface area (Å²) in [5, 5.41) is 25.4. The number of hydrogen-bond donors (Lipinski definition) is 2. The number of rotatable bonds is 10. The molecule has 4 aromatic rings. The van der Waals surface area contributed by atoms with Crippen molar-refractivity contribution in [3.05, 3.63) is 88.5 Å². The molecule has 10 nitrogen and oxygen atoms in total. The summed E-state index contributed by atoms with van der Waals surface area (Å²) in [6.07, 6.45) is -0.235. The number of nitrogens with zero attached hydrogens (tertiary/aromatic N) is 3. The summed E-state index contributed by atoms with van der Waals surface area (Å²) in [5.74, 6) is 0.116. The summed E-state index contributed by atoms with van der Waals surface area (Å²) >= 11 is 1.30. The molecule has 0 aliphatic carbocycles. The molecule has 1 aromatic heterocycles. The molecule has 0 fully saturated rings. The first-order valence-electron chi connectivity index (χ1n) is 11.0. The molecule has 11 heteroatoms. The molecule has 3 aromatic carbocycles. The van der Waals surface area contributed by atoms with E-state index in [2.05, 4.69) is 15.5 Å². The van der Waals surface area contributed by atoms with E-state index in [0.29, 0.717) is 22.3 Å². The molecule has 0 saturated carbocycles. The summed E-state index contributed by atoms with van der Waals surface area (Å²) in [6, 6.07) is 20.9.